The van der Waals surface area contributed by atoms with E-state index < -0.39 is 5.97 Å². The van der Waals surface area contributed by atoms with Crippen LogP contribution in [-0.2, 0) is 20.8 Å². The Morgan fingerprint density at radius 1 is 1.44 bits per heavy atom. The molecule has 2 rings (SSSR count). The molecular formula is C12H16N2O4. The van der Waals surface area contributed by atoms with Gasteiger partial charge in [0.05, 0.1) is 6.61 Å². The van der Waals surface area contributed by atoms with E-state index in [2.05, 4.69) is 0 Å². The molecule has 0 aromatic carbocycles. The van der Waals surface area contributed by atoms with Crippen LogP contribution in [0, 0.1) is 5.92 Å². The summed E-state index contributed by atoms with van der Waals surface area (Å²) in [4.78, 5) is 22.8. The smallest absolute Gasteiger partial charge is 0.328 e. The predicted molar refractivity (Wildman–Crippen MR) is 64.7 cm³/mol. The van der Waals surface area contributed by atoms with Crippen molar-refractivity contribution in [2.24, 2.45) is 5.92 Å². The van der Waals surface area contributed by atoms with Gasteiger partial charge in [0.2, 0.25) is 0 Å². The number of esters is 1. The Kier molecular flexibility index (Phi) is 3.99. The Bertz CT molecular complexity index is 479. The average molecular weight is 252 g/mol. The number of nitrogen functional groups attached to an aromatic ring is 1. The number of rotatable bonds is 6. The number of anilines is 1. The average Bonchev–Trinajstić information content (AvgIpc) is 3.13. The summed E-state index contributed by atoms with van der Waals surface area (Å²) in [5.74, 6) is 0.110. The van der Waals surface area contributed by atoms with E-state index >= 15 is 0 Å². The maximum absolute atomic E-state index is 11.4. The highest BCUT2D eigenvalue weighted by Gasteiger charge is 2.21. The van der Waals surface area contributed by atoms with Gasteiger partial charge in [-0.3, -0.25) is 9.59 Å². The largest absolute Gasteiger partial charge is 0.437 e. The molecule has 1 heterocycles. The molecule has 0 bridgehead atoms. The van der Waals surface area contributed by atoms with Crippen LogP contribution >= 0.6 is 0 Å². The summed E-state index contributed by atoms with van der Waals surface area (Å²) in [7, 11) is 0. The lowest BCUT2D eigenvalue weighted by Crippen LogP contribution is -2.25. The van der Waals surface area contributed by atoms with Crippen LogP contribution in [0.25, 0.3) is 0 Å². The van der Waals surface area contributed by atoms with Gasteiger partial charge in [0.25, 0.3) is 5.56 Å². The maximum atomic E-state index is 11.4. The minimum absolute atomic E-state index is 0.0631. The van der Waals surface area contributed by atoms with Gasteiger partial charge in [-0.1, -0.05) is 0 Å². The molecule has 6 heteroatoms. The van der Waals surface area contributed by atoms with Crippen molar-refractivity contribution in [2.75, 3.05) is 19.1 Å². The van der Waals surface area contributed by atoms with Crippen molar-refractivity contribution in [3.05, 3.63) is 28.7 Å². The minimum Gasteiger partial charge on any atom is -0.437 e. The fourth-order valence-electron chi connectivity index (χ4n) is 1.46. The summed E-state index contributed by atoms with van der Waals surface area (Å²) < 4.78 is 11.2. The van der Waals surface area contributed by atoms with Crippen LogP contribution in [0.15, 0.2) is 23.1 Å². The van der Waals surface area contributed by atoms with Crippen LogP contribution in [0.5, 0.6) is 0 Å². The zero-order valence-corrected chi connectivity index (χ0v) is 10.0. The molecule has 0 radical (unpaired) electrons. The molecule has 2 N–H and O–H groups in total. The SMILES string of the molecule is Nc1ccc(=O)n(CC(=O)OCOCC2CC2)c1. The molecule has 0 saturated heterocycles. The zero-order valence-electron chi connectivity index (χ0n) is 10.0. The second kappa shape index (κ2) is 5.68. The summed E-state index contributed by atoms with van der Waals surface area (Å²) in [6.07, 6.45) is 3.79. The van der Waals surface area contributed by atoms with Gasteiger partial charge in [-0.2, -0.15) is 0 Å². The van der Waals surface area contributed by atoms with Crippen molar-refractivity contribution >= 4 is 11.7 Å². The van der Waals surface area contributed by atoms with Crippen molar-refractivity contribution in [1.82, 2.24) is 4.57 Å². The van der Waals surface area contributed by atoms with Crippen molar-refractivity contribution in [3.63, 3.8) is 0 Å². The lowest BCUT2D eigenvalue weighted by Gasteiger charge is -2.07. The molecule has 1 aliphatic carbocycles. The third-order valence-corrected chi connectivity index (χ3v) is 2.66. The quantitative estimate of drug-likeness (QED) is 0.449. The van der Waals surface area contributed by atoms with E-state index in [1.165, 1.54) is 35.7 Å². The molecule has 0 unspecified atom stereocenters. The molecule has 1 aliphatic rings. The Morgan fingerprint density at radius 3 is 2.94 bits per heavy atom. The molecule has 6 nitrogen and oxygen atoms in total. The first-order valence-electron chi connectivity index (χ1n) is 5.84. The molecule has 0 amide bonds. The van der Waals surface area contributed by atoms with Crippen LogP contribution < -0.4 is 11.3 Å². The summed E-state index contributed by atoms with van der Waals surface area (Å²) in [5.41, 5.74) is 5.66. The van der Waals surface area contributed by atoms with Crippen LogP contribution in [0.3, 0.4) is 0 Å². The molecule has 0 aliphatic heterocycles. The molecule has 1 fully saturated rings. The number of aromatic nitrogens is 1. The van der Waals surface area contributed by atoms with E-state index in [1.54, 1.807) is 0 Å². The predicted octanol–water partition coefficient (Wildman–Crippen LogP) is 0.358. The number of carbonyl (C=O) groups is 1. The van der Waals surface area contributed by atoms with Crippen molar-refractivity contribution in [3.8, 4) is 0 Å². The highest BCUT2D eigenvalue weighted by atomic mass is 16.7. The molecule has 1 aromatic rings. The Balaban J connectivity index is 1.75. The zero-order chi connectivity index (χ0) is 13.0. The number of nitrogens with zero attached hydrogens (tertiary/aromatic N) is 1. The normalized spacial score (nSPS) is 14.4. The van der Waals surface area contributed by atoms with Crippen LogP contribution in [-0.4, -0.2) is 23.9 Å². The third-order valence-electron chi connectivity index (χ3n) is 2.66. The molecule has 1 aromatic heterocycles. The van der Waals surface area contributed by atoms with Crippen LogP contribution in [0.1, 0.15) is 12.8 Å². The Labute approximate surface area is 104 Å². The molecule has 18 heavy (non-hydrogen) atoms. The van der Waals surface area contributed by atoms with E-state index in [9.17, 15) is 9.59 Å². The van der Waals surface area contributed by atoms with Crippen molar-refractivity contribution < 1.29 is 14.3 Å². The molecule has 0 spiro atoms. The van der Waals surface area contributed by atoms with E-state index in [-0.39, 0.29) is 18.9 Å². The lowest BCUT2D eigenvalue weighted by atomic mass is 10.4. The van der Waals surface area contributed by atoms with E-state index in [4.69, 9.17) is 15.2 Å². The second-order valence-electron chi connectivity index (χ2n) is 4.38. The third kappa shape index (κ3) is 3.89. The van der Waals surface area contributed by atoms with Crippen LogP contribution in [0.4, 0.5) is 5.69 Å². The summed E-state index contributed by atoms with van der Waals surface area (Å²) in [5, 5.41) is 0. The second-order valence-corrected chi connectivity index (χ2v) is 4.38. The van der Waals surface area contributed by atoms with E-state index in [0.29, 0.717) is 18.2 Å². The first-order valence-corrected chi connectivity index (χ1v) is 5.84. The fraction of sp³-hybridized carbons (Fsp3) is 0.500. The summed E-state index contributed by atoms with van der Waals surface area (Å²) in [6.45, 7) is 0.411. The Hall–Kier alpha value is -1.82. The van der Waals surface area contributed by atoms with Gasteiger partial charge in [0.1, 0.15) is 6.54 Å². The first-order chi connectivity index (χ1) is 8.65. The molecule has 1 saturated carbocycles. The number of hydrogen-bond donors (Lipinski definition) is 1. The van der Waals surface area contributed by atoms with Crippen molar-refractivity contribution in [1.29, 1.82) is 0 Å². The number of ether oxygens (including phenoxy) is 2. The number of carbonyl (C=O) groups excluding carboxylic acids is 1. The maximum Gasteiger partial charge on any atom is 0.328 e. The molecule has 0 atom stereocenters. The van der Waals surface area contributed by atoms with Gasteiger partial charge in [-0.15, -0.1) is 0 Å². The van der Waals surface area contributed by atoms with Crippen molar-refractivity contribution in [2.45, 2.75) is 19.4 Å². The van der Waals surface area contributed by atoms with Gasteiger partial charge in [0, 0.05) is 18.0 Å². The first kappa shape index (κ1) is 12.6. The van der Waals surface area contributed by atoms with Gasteiger partial charge >= 0.3 is 5.97 Å². The number of pyridine rings is 1. The van der Waals surface area contributed by atoms with Gasteiger partial charge < -0.3 is 19.8 Å². The number of nitrogens with two attached hydrogens (primary N) is 1. The van der Waals surface area contributed by atoms with Gasteiger partial charge in [0.15, 0.2) is 6.79 Å². The summed E-state index contributed by atoms with van der Waals surface area (Å²) >= 11 is 0. The standard InChI is InChI=1S/C12H16N2O4/c13-10-3-4-11(15)14(5-10)6-12(16)18-8-17-7-9-1-2-9/h3-5,9H,1-2,6-8,13H2. The topological polar surface area (TPSA) is 83.6 Å². The van der Waals surface area contributed by atoms with E-state index in [0.717, 1.165) is 0 Å². The molecular weight excluding hydrogens is 236 g/mol. The van der Waals surface area contributed by atoms with Gasteiger partial charge in [-0.05, 0) is 24.8 Å². The van der Waals surface area contributed by atoms with Crippen LogP contribution in [0.2, 0.25) is 0 Å². The highest BCUT2D eigenvalue weighted by Crippen LogP contribution is 2.28. The minimum atomic E-state index is -0.515. The fourth-order valence-corrected chi connectivity index (χ4v) is 1.46. The number of hydrogen-bond acceptors (Lipinski definition) is 5. The van der Waals surface area contributed by atoms with E-state index in [1.807, 2.05) is 0 Å². The highest BCUT2D eigenvalue weighted by molar-refractivity contribution is 5.69. The van der Waals surface area contributed by atoms with Gasteiger partial charge in [-0.25, -0.2) is 0 Å². The lowest BCUT2D eigenvalue weighted by molar-refractivity contribution is -0.157. The Morgan fingerprint density at radius 2 is 2.22 bits per heavy atom. The summed E-state index contributed by atoms with van der Waals surface area (Å²) in [6, 6.07) is 2.80. The monoisotopic (exact) mass is 252 g/mol. The molecule has 98 valence electrons.